The highest BCUT2D eigenvalue weighted by Gasteiger charge is 2.31. The topological polar surface area (TPSA) is 105 Å². The lowest BCUT2D eigenvalue weighted by Gasteiger charge is -2.29. The van der Waals surface area contributed by atoms with Crippen molar-refractivity contribution in [3.63, 3.8) is 0 Å². The molecule has 2 amide bonds. The summed E-state index contributed by atoms with van der Waals surface area (Å²) in [7, 11) is 0. The number of ether oxygens (including phenoxy) is 1. The molecule has 0 saturated heterocycles. The van der Waals surface area contributed by atoms with E-state index in [0.717, 1.165) is 0 Å². The molecular weight excluding hydrogens is 420 g/mol. The van der Waals surface area contributed by atoms with Gasteiger partial charge >= 0.3 is 12.1 Å². The zero-order valence-corrected chi connectivity index (χ0v) is 18.8. The van der Waals surface area contributed by atoms with Gasteiger partial charge in [0, 0.05) is 17.9 Å². The molecule has 1 saturated carbocycles. The molecule has 3 N–H and O–H groups in total. The maximum Gasteiger partial charge on any atom is 0.407 e. The molecule has 0 bridgehead atoms. The number of alkyl carbamates (subject to hydrolysis) is 1. The van der Waals surface area contributed by atoms with Crippen LogP contribution in [0.3, 0.4) is 0 Å². The van der Waals surface area contributed by atoms with E-state index >= 15 is 0 Å². The van der Waals surface area contributed by atoms with Gasteiger partial charge in [-0.25, -0.2) is 9.59 Å². The van der Waals surface area contributed by atoms with Gasteiger partial charge in [-0.15, -0.1) is 0 Å². The van der Waals surface area contributed by atoms with Crippen molar-refractivity contribution < 1.29 is 24.2 Å². The largest absolute Gasteiger partial charge is 0.480 e. The Labute approximate surface area is 193 Å². The molecular formula is C26H30N2O5. The van der Waals surface area contributed by atoms with Crippen molar-refractivity contribution in [2.24, 2.45) is 5.92 Å². The molecule has 1 fully saturated rings. The lowest BCUT2D eigenvalue weighted by molar-refractivity contribution is -0.142. The number of hydrogen-bond donors (Lipinski definition) is 3. The summed E-state index contributed by atoms with van der Waals surface area (Å²) in [6, 6.07) is 15.5. The third-order valence-electron chi connectivity index (χ3n) is 6.79. The van der Waals surface area contributed by atoms with Gasteiger partial charge < -0.3 is 20.5 Å². The molecule has 0 radical (unpaired) electrons. The van der Waals surface area contributed by atoms with Gasteiger partial charge in [-0.3, -0.25) is 4.79 Å². The van der Waals surface area contributed by atoms with Gasteiger partial charge in [-0.2, -0.15) is 0 Å². The zero-order chi connectivity index (χ0) is 23.4. The van der Waals surface area contributed by atoms with Crippen LogP contribution >= 0.6 is 0 Å². The fourth-order valence-corrected chi connectivity index (χ4v) is 4.93. The number of carboxylic acids is 1. The Hall–Kier alpha value is -3.35. The molecule has 7 heteroatoms. The predicted molar refractivity (Wildman–Crippen MR) is 124 cm³/mol. The van der Waals surface area contributed by atoms with E-state index in [0.29, 0.717) is 32.1 Å². The number of carbonyl (C=O) groups is 3. The molecule has 4 rings (SSSR count). The highest BCUT2D eigenvalue weighted by atomic mass is 16.5. The lowest BCUT2D eigenvalue weighted by atomic mass is 9.85. The summed E-state index contributed by atoms with van der Waals surface area (Å²) in [6.45, 7) is 2.00. The smallest absolute Gasteiger partial charge is 0.407 e. The molecule has 7 nitrogen and oxygen atoms in total. The molecule has 0 heterocycles. The van der Waals surface area contributed by atoms with E-state index < -0.39 is 18.1 Å². The SMILES string of the molecule is CCC(NC(=O)C1CCC(NC(=O)OCC2c3ccccc3-c3ccccc32)CC1)C(=O)O. The van der Waals surface area contributed by atoms with E-state index in [-0.39, 0.29) is 30.4 Å². The minimum absolute atomic E-state index is 0.0170. The van der Waals surface area contributed by atoms with E-state index in [1.807, 2.05) is 24.3 Å². The molecule has 33 heavy (non-hydrogen) atoms. The second-order valence-electron chi connectivity index (χ2n) is 8.83. The van der Waals surface area contributed by atoms with Crippen LogP contribution in [0.1, 0.15) is 56.1 Å². The Kier molecular flexibility index (Phi) is 6.96. The van der Waals surface area contributed by atoms with Crippen molar-refractivity contribution in [2.45, 2.75) is 57.0 Å². The average Bonchev–Trinajstić information content (AvgIpc) is 3.15. The number of benzene rings is 2. The summed E-state index contributed by atoms with van der Waals surface area (Å²) in [5.74, 6) is -1.44. The Bertz CT molecular complexity index is 983. The third kappa shape index (κ3) is 5.02. The summed E-state index contributed by atoms with van der Waals surface area (Å²) in [5, 5.41) is 14.7. The van der Waals surface area contributed by atoms with Crippen LogP contribution in [0.25, 0.3) is 11.1 Å². The number of hydrogen-bond acceptors (Lipinski definition) is 4. The summed E-state index contributed by atoms with van der Waals surface area (Å²) in [4.78, 5) is 36.0. The number of aliphatic carboxylic acids is 1. The van der Waals surface area contributed by atoms with Crippen molar-refractivity contribution in [1.29, 1.82) is 0 Å². The number of nitrogens with one attached hydrogen (secondary N) is 2. The van der Waals surface area contributed by atoms with Crippen molar-refractivity contribution in [3.05, 3.63) is 59.7 Å². The maximum absolute atomic E-state index is 12.5. The number of rotatable bonds is 7. The minimum atomic E-state index is -1.02. The first-order chi connectivity index (χ1) is 16.0. The average molecular weight is 451 g/mol. The first-order valence-electron chi connectivity index (χ1n) is 11.6. The van der Waals surface area contributed by atoms with Crippen LogP contribution in [0.15, 0.2) is 48.5 Å². The van der Waals surface area contributed by atoms with Crippen molar-refractivity contribution in [3.8, 4) is 11.1 Å². The highest BCUT2D eigenvalue weighted by Crippen LogP contribution is 2.44. The standard InChI is InChI=1S/C26H30N2O5/c1-2-23(25(30)31)28-24(29)16-11-13-17(14-12-16)27-26(32)33-15-22-20-9-5-3-7-18(20)19-8-4-6-10-21(19)22/h3-10,16-17,22-23H,2,11-15H2,1H3,(H,27,32)(H,28,29)(H,30,31). The van der Waals surface area contributed by atoms with Gasteiger partial charge in [0.25, 0.3) is 0 Å². The van der Waals surface area contributed by atoms with Crippen molar-refractivity contribution in [2.75, 3.05) is 6.61 Å². The summed E-state index contributed by atoms with van der Waals surface area (Å²) >= 11 is 0. The van der Waals surface area contributed by atoms with Crippen LogP contribution in [0.4, 0.5) is 4.79 Å². The van der Waals surface area contributed by atoms with Gasteiger partial charge in [0.1, 0.15) is 12.6 Å². The van der Waals surface area contributed by atoms with Crippen LogP contribution in [0, 0.1) is 5.92 Å². The molecule has 2 aliphatic carbocycles. The van der Waals surface area contributed by atoms with Gasteiger partial charge in [0.15, 0.2) is 0 Å². The van der Waals surface area contributed by atoms with Crippen molar-refractivity contribution in [1.82, 2.24) is 10.6 Å². The molecule has 2 aliphatic rings. The Balaban J connectivity index is 1.26. The van der Waals surface area contributed by atoms with Gasteiger partial charge in [-0.05, 0) is 54.4 Å². The molecule has 0 aromatic heterocycles. The Morgan fingerprint density at radius 2 is 1.55 bits per heavy atom. The maximum atomic E-state index is 12.5. The quantitative estimate of drug-likeness (QED) is 0.590. The summed E-state index contributed by atoms with van der Waals surface area (Å²) in [6.07, 6.45) is 2.44. The molecule has 2 aromatic carbocycles. The second kappa shape index (κ2) is 10.1. The van der Waals surface area contributed by atoms with Crippen LogP contribution in [-0.2, 0) is 14.3 Å². The molecule has 0 spiro atoms. The first-order valence-corrected chi connectivity index (χ1v) is 11.6. The van der Waals surface area contributed by atoms with Gasteiger partial charge in [0.2, 0.25) is 5.91 Å². The van der Waals surface area contributed by atoms with Crippen LogP contribution < -0.4 is 10.6 Å². The molecule has 1 unspecified atom stereocenters. The highest BCUT2D eigenvalue weighted by molar-refractivity contribution is 5.85. The van der Waals surface area contributed by atoms with Crippen molar-refractivity contribution >= 4 is 18.0 Å². The van der Waals surface area contributed by atoms with E-state index in [2.05, 4.69) is 34.9 Å². The van der Waals surface area contributed by atoms with Gasteiger partial charge in [-0.1, -0.05) is 55.5 Å². The first kappa shape index (κ1) is 22.8. The van der Waals surface area contributed by atoms with E-state index in [4.69, 9.17) is 9.84 Å². The van der Waals surface area contributed by atoms with E-state index in [1.54, 1.807) is 6.92 Å². The predicted octanol–water partition coefficient (Wildman–Crippen LogP) is 4.06. The molecule has 0 aliphatic heterocycles. The molecule has 174 valence electrons. The van der Waals surface area contributed by atoms with E-state index in [9.17, 15) is 14.4 Å². The summed E-state index contributed by atoms with van der Waals surface area (Å²) in [5.41, 5.74) is 4.72. The minimum Gasteiger partial charge on any atom is -0.480 e. The van der Waals surface area contributed by atoms with Crippen LogP contribution in [0.2, 0.25) is 0 Å². The monoisotopic (exact) mass is 450 g/mol. The number of carboxylic acid groups (broad SMARTS) is 1. The normalized spacial score (nSPS) is 20.3. The Morgan fingerprint density at radius 3 is 2.09 bits per heavy atom. The number of amides is 2. The van der Waals surface area contributed by atoms with Crippen LogP contribution in [0.5, 0.6) is 0 Å². The molecule has 1 atom stereocenters. The lowest BCUT2D eigenvalue weighted by Crippen LogP contribution is -2.45. The zero-order valence-electron chi connectivity index (χ0n) is 18.8. The fraction of sp³-hybridized carbons (Fsp3) is 0.423. The molecule has 2 aromatic rings. The Morgan fingerprint density at radius 1 is 0.970 bits per heavy atom. The summed E-state index contributed by atoms with van der Waals surface area (Å²) < 4.78 is 5.62. The second-order valence-corrected chi connectivity index (χ2v) is 8.83. The number of carbonyl (C=O) groups excluding carboxylic acids is 2. The fourth-order valence-electron chi connectivity index (χ4n) is 4.93. The van der Waals surface area contributed by atoms with Crippen LogP contribution in [-0.4, -0.2) is 41.8 Å². The number of fused-ring (bicyclic) bond motifs is 3. The van der Waals surface area contributed by atoms with E-state index in [1.165, 1.54) is 22.3 Å². The third-order valence-corrected chi connectivity index (χ3v) is 6.79. The van der Waals surface area contributed by atoms with Gasteiger partial charge in [0.05, 0.1) is 0 Å².